The van der Waals surface area contributed by atoms with E-state index in [0.717, 1.165) is 0 Å². The number of carbonyl (C=O) groups excluding carboxylic acids is 3. The van der Waals surface area contributed by atoms with Crippen LogP contribution >= 0.6 is 0 Å². The molecule has 0 radical (unpaired) electrons. The van der Waals surface area contributed by atoms with E-state index in [9.17, 15) is 29.1 Å². The van der Waals surface area contributed by atoms with E-state index >= 15 is 0 Å². The molecule has 0 heterocycles. The number of carboxylic acid groups (broad SMARTS) is 2. The zero-order valence-electron chi connectivity index (χ0n) is 22.0. The number of nitrogens with two attached hydrogens (primary N) is 3. The fraction of sp³-hybridized carbons (Fsp3) is 0.739. The molecule has 0 fully saturated rings. The van der Waals surface area contributed by atoms with Crippen LogP contribution < -0.4 is 33.2 Å². The topological polar surface area (TPSA) is 252 Å². The van der Waals surface area contributed by atoms with Gasteiger partial charge >= 0.3 is 11.9 Å². The predicted molar refractivity (Wildman–Crippen MR) is 137 cm³/mol. The maximum Gasteiger partial charge on any atom is 0.326 e. The average molecular weight is 530 g/mol. The number of hydrogen-bond donors (Lipinski definition) is 8. The summed E-state index contributed by atoms with van der Waals surface area (Å²) in [5.74, 6) is -5.30. The highest BCUT2D eigenvalue weighted by molar-refractivity contribution is 5.94. The van der Waals surface area contributed by atoms with Gasteiger partial charge in [-0.3, -0.25) is 24.2 Å². The van der Waals surface area contributed by atoms with Crippen LogP contribution in [-0.2, 0) is 24.0 Å². The smallest absolute Gasteiger partial charge is 0.326 e. The number of nitrogens with one attached hydrogen (secondary N) is 3. The fourth-order valence-electron chi connectivity index (χ4n) is 3.30. The van der Waals surface area contributed by atoms with Crippen LogP contribution in [0.25, 0.3) is 0 Å². The second-order valence-corrected chi connectivity index (χ2v) is 9.12. The van der Waals surface area contributed by atoms with Gasteiger partial charge in [0.05, 0.1) is 6.04 Å². The number of guanidine groups is 1. The summed E-state index contributed by atoms with van der Waals surface area (Å²) in [5.41, 5.74) is 16.6. The first-order valence-corrected chi connectivity index (χ1v) is 12.4. The molecule has 212 valence electrons. The molecule has 14 heteroatoms. The number of amides is 3. The van der Waals surface area contributed by atoms with Crippen molar-refractivity contribution in [2.75, 3.05) is 6.54 Å². The molecule has 14 nitrogen and oxygen atoms in total. The largest absolute Gasteiger partial charge is 0.481 e. The van der Waals surface area contributed by atoms with E-state index in [-0.39, 0.29) is 43.6 Å². The van der Waals surface area contributed by atoms with E-state index in [1.54, 1.807) is 20.8 Å². The van der Waals surface area contributed by atoms with Gasteiger partial charge in [0.2, 0.25) is 17.7 Å². The van der Waals surface area contributed by atoms with Gasteiger partial charge in [0.15, 0.2) is 5.96 Å². The molecular formula is C23H43N7O7. The van der Waals surface area contributed by atoms with Crippen molar-refractivity contribution in [3.8, 4) is 0 Å². The van der Waals surface area contributed by atoms with E-state index in [0.29, 0.717) is 12.8 Å². The SMILES string of the molecule is CCC(C)C(N)C(=O)NC(CCC(=O)O)C(=O)NC(CCCN=C(N)N)C(=O)NC(C(=O)O)C(C)CC. The molecule has 0 rings (SSSR count). The monoisotopic (exact) mass is 529 g/mol. The van der Waals surface area contributed by atoms with Crippen molar-refractivity contribution in [3.05, 3.63) is 0 Å². The van der Waals surface area contributed by atoms with E-state index in [4.69, 9.17) is 22.3 Å². The van der Waals surface area contributed by atoms with Crippen molar-refractivity contribution in [1.82, 2.24) is 16.0 Å². The third kappa shape index (κ3) is 12.9. The molecule has 0 aromatic heterocycles. The highest BCUT2D eigenvalue weighted by atomic mass is 16.4. The summed E-state index contributed by atoms with van der Waals surface area (Å²) < 4.78 is 0. The van der Waals surface area contributed by atoms with Crippen LogP contribution in [0.3, 0.4) is 0 Å². The van der Waals surface area contributed by atoms with Gasteiger partial charge in [-0.2, -0.15) is 0 Å². The lowest BCUT2D eigenvalue weighted by Crippen LogP contribution is -2.58. The van der Waals surface area contributed by atoms with Gasteiger partial charge in [-0.15, -0.1) is 0 Å². The Balaban J connectivity index is 5.78. The summed E-state index contributed by atoms with van der Waals surface area (Å²) >= 11 is 0. The highest BCUT2D eigenvalue weighted by Crippen LogP contribution is 2.11. The summed E-state index contributed by atoms with van der Waals surface area (Å²) in [6.07, 6.45) is 0.744. The normalized spacial score (nSPS) is 15.7. The van der Waals surface area contributed by atoms with E-state index in [1.165, 1.54) is 0 Å². The minimum absolute atomic E-state index is 0.0488. The molecule has 0 saturated carbocycles. The molecule has 0 aromatic rings. The first kappa shape index (κ1) is 33.6. The highest BCUT2D eigenvalue weighted by Gasteiger charge is 2.32. The van der Waals surface area contributed by atoms with Crippen LogP contribution in [0.4, 0.5) is 0 Å². The van der Waals surface area contributed by atoms with Crippen molar-refractivity contribution in [2.45, 2.75) is 90.4 Å². The minimum atomic E-state index is -1.28. The lowest BCUT2D eigenvalue weighted by molar-refractivity contribution is -0.144. The molecule has 0 aliphatic rings. The molecule has 0 aromatic carbocycles. The summed E-state index contributed by atoms with van der Waals surface area (Å²) in [6, 6.07) is -4.59. The Hall–Kier alpha value is -3.42. The third-order valence-electron chi connectivity index (χ3n) is 6.19. The number of hydrogen-bond acceptors (Lipinski definition) is 7. The van der Waals surface area contributed by atoms with Crippen LogP contribution in [0.15, 0.2) is 4.99 Å². The molecule has 0 spiro atoms. The van der Waals surface area contributed by atoms with E-state index in [1.807, 2.05) is 6.92 Å². The van der Waals surface area contributed by atoms with Crippen molar-refractivity contribution in [2.24, 2.45) is 34.0 Å². The van der Waals surface area contributed by atoms with Crippen LogP contribution in [0.2, 0.25) is 0 Å². The lowest BCUT2D eigenvalue weighted by atomic mass is 9.98. The number of aliphatic carboxylic acids is 2. The second-order valence-electron chi connectivity index (χ2n) is 9.12. The second kappa shape index (κ2) is 17.1. The molecule has 6 atom stereocenters. The molecule has 0 aliphatic heterocycles. The molecule has 0 bridgehead atoms. The molecule has 11 N–H and O–H groups in total. The zero-order valence-corrected chi connectivity index (χ0v) is 22.0. The minimum Gasteiger partial charge on any atom is -0.481 e. The maximum atomic E-state index is 13.1. The van der Waals surface area contributed by atoms with E-state index < -0.39 is 60.2 Å². The van der Waals surface area contributed by atoms with Gasteiger partial charge in [-0.1, -0.05) is 40.5 Å². The van der Waals surface area contributed by atoms with Gasteiger partial charge in [0.1, 0.15) is 18.1 Å². The fourth-order valence-corrected chi connectivity index (χ4v) is 3.30. The Morgan fingerprint density at radius 1 is 0.811 bits per heavy atom. The quantitative estimate of drug-likeness (QED) is 0.0601. The summed E-state index contributed by atoms with van der Waals surface area (Å²) in [4.78, 5) is 65.3. The van der Waals surface area contributed by atoms with Crippen molar-refractivity contribution in [3.63, 3.8) is 0 Å². The molecule has 0 saturated heterocycles. The van der Waals surface area contributed by atoms with E-state index in [2.05, 4.69) is 20.9 Å². The molecule has 37 heavy (non-hydrogen) atoms. The lowest BCUT2D eigenvalue weighted by Gasteiger charge is -2.27. The standard InChI is InChI=1S/C23H43N7O7/c1-5-12(3)17(24)21(35)29-15(9-10-16(31)32)19(33)28-14(8-7-11-27-23(25)26)20(34)30-18(22(36)37)13(4)6-2/h12-15,17-18H,5-11,24H2,1-4H3,(H,28,33)(H,29,35)(H,30,34)(H,31,32)(H,36,37)(H4,25,26,27). The number of rotatable bonds is 18. The van der Waals surface area contributed by atoms with Crippen molar-refractivity contribution < 1.29 is 34.2 Å². The molecular weight excluding hydrogens is 486 g/mol. The van der Waals surface area contributed by atoms with Gasteiger partial charge in [0.25, 0.3) is 0 Å². The van der Waals surface area contributed by atoms with Gasteiger partial charge in [0, 0.05) is 13.0 Å². The van der Waals surface area contributed by atoms with Gasteiger partial charge < -0.3 is 43.4 Å². The molecule has 6 unspecified atom stereocenters. The first-order valence-electron chi connectivity index (χ1n) is 12.4. The van der Waals surface area contributed by atoms with Crippen molar-refractivity contribution in [1.29, 1.82) is 0 Å². The average Bonchev–Trinajstić information content (AvgIpc) is 2.84. The molecule has 3 amide bonds. The van der Waals surface area contributed by atoms with Gasteiger partial charge in [-0.05, 0) is 31.1 Å². The Morgan fingerprint density at radius 2 is 1.32 bits per heavy atom. The Morgan fingerprint density at radius 3 is 1.81 bits per heavy atom. The Labute approximate surface area is 217 Å². The Bertz CT molecular complexity index is 817. The number of aliphatic imine (C=N–C) groups is 1. The first-order chi connectivity index (χ1) is 17.2. The van der Waals surface area contributed by atoms with Gasteiger partial charge in [-0.25, -0.2) is 4.79 Å². The maximum absolute atomic E-state index is 13.1. The summed E-state index contributed by atoms with van der Waals surface area (Å²) in [7, 11) is 0. The Kier molecular flexibility index (Phi) is 15.5. The molecule has 0 aliphatic carbocycles. The van der Waals surface area contributed by atoms with Crippen LogP contribution in [-0.4, -0.2) is 76.5 Å². The summed E-state index contributed by atoms with van der Waals surface area (Å²) in [6.45, 7) is 7.22. The van der Waals surface area contributed by atoms with Crippen molar-refractivity contribution >= 4 is 35.6 Å². The number of carboxylic acids is 2. The van der Waals surface area contributed by atoms with Crippen LogP contribution in [0.5, 0.6) is 0 Å². The third-order valence-corrected chi connectivity index (χ3v) is 6.19. The van der Waals surface area contributed by atoms with Crippen LogP contribution in [0, 0.1) is 11.8 Å². The predicted octanol–water partition coefficient (Wildman–Crippen LogP) is -1.14. The number of nitrogens with zero attached hydrogens (tertiary/aromatic N) is 1. The summed E-state index contributed by atoms with van der Waals surface area (Å²) in [5, 5.41) is 26.1. The number of carbonyl (C=O) groups is 5. The van der Waals surface area contributed by atoms with Crippen LogP contribution in [0.1, 0.15) is 66.2 Å². The zero-order chi connectivity index (χ0) is 28.7.